The molecule has 0 aromatic heterocycles. The van der Waals surface area contributed by atoms with Crippen molar-refractivity contribution in [1.29, 1.82) is 0 Å². The van der Waals surface area contributed by atoms with Crippen molar-refractivity contribution in [2.45, 2.75) is 12.3 Å². The number of nitrogens with one attached hydrogen (secondary N) is 2. The van der Waals surface area contributed by atoms with Crippen molar-refractivity contribution in [3.8, 4) is 11.5 Å². The number of hydrogen-bond donors (Lipinski definition) is 2. The first-order valence-electron chi connectivity index (χ1n) is 7.99. The molecular formula is C18H21N3O. The normalized spacial score (nSPS) is 18.3. The van der Waals surface area contributed by atoms with E-state index >= 15 is 0 Å². The van der Waals surface area contributed by atoms with Crippen molar-refractivity contribution in [1.82, 2.24) is 10.7 Å². The van der Waals surface area contributed by atoms with Crippen LogP contribution in [0, 0.1) is 0 Å². The first-order valence-corrected chi connectivity index (χ1v) is 7.99. The van der Waals surface area contributed by atoms with Gasteiger partial charge >= 0.3 is 0 Å². The second-order valence-electron chi connectivity index (χ2n) is 5.90. The van der Waals surface area contributed by atoms with Gasteiger partial charge in [0.15, 0.2) is 0 Å². The molecule has 4 heteroatoms. The quantitative estimate of drug-likeness (QED) is 0.909. The van der Waals surface area contributed by atoms with Gasteiger partial charge < -0.3 is 15.1 Å². The molecule has 2 fully saturated rings. The summed E-state index contributed by atoms with van der Waals surface area (Å²) in [5.41, 5.74) is 6.13. The van der Waals surface area contributed by atoms with Crippen LogP contribution in [0.1, 0.15) is 17.9 Å². The van der Waals surface area contributed by atoms with Crippen LogP contribution in [0.2, 0.25) is 0 Å². The van der Waals surface area contributed by atoms with Crippen molar-refractivity contribution in [2.24, 2.45) is 0 Å². The van der Waals surface area contributed by atoms with Gasteiger partial charge in [-0.25, -0.2) is 5.43 Å². The Labute approximate surface area is 131 Å². The average Bonchev–Trinajstić information content (AvgIpc) is 3.01. The van der Waals surface area contributed by atoms with Crippen molar-refractivity contribution in [3.05, 3.63) is 54.1 Å². The summed E-state index contributed by atoms with van der Waals surface area (Å²) in [6, 6.07) is 16.4. The fourth-order valence-electron chi connectivity index (χ4n) is 3.04. The number of rotatable bonds is 4. The summed E-state index contributed by atoms with van der Waals surface area (Å²) in [4.78, 5) is 0. The highest BCUT2D eigenvalue weighted by atomic mass is 16.5. The van der Waals surface area contributed by atoms with Crippen LogP contribution >= 0.6 is 0 Å². The molecule has 114 valence electrons. The second kappa shape index (κ2) is 5.99. The van der Waals surface area contributed by atoms with E-state index < -0.39 is 0 Å². The molecule has 0 amide bonds. The maximum absolute atomic E-state index is 6.00. The Balaban J connectivity index is 1.63. The lowest BCUT2D eigenvalue weighted by Gasteiger charge is -2.32. The third-order valence-electron chi connectivity index (χ3n) is 4.35. The van der Waals surface area contributed by atoms with Gasteiger partial charge in [0.25, 0.3) is 0 Å². The van der Waals surface area contributed by atoms with Crippen LogP contribution in [-0.2, 0) is 0 Å². The highest BCUT2D eigenvalue weighted by Gasteiger charge is 2.25. The lowest BCUT2D eigenvalue weighted by atomic mass is 9.92. The zero-order chi connectivity index (χ0) is 14.8. The molecule has 2 aliphatic rings. The van der Waals surface area contributed by atoms with E-state index in [9.17, 15) is 0 Å². The Morgan fingerprint density at radius 2 is 1.86 bits per heavy atom. The molecule has 0 atom stereocenters. The number of para-hydroxylation sites is 1. The van der Waals surface area contributed by atoms with Crippen LogP contribution in [0.25, 0.3) is 0 Å². The number of anilines is 1. The fraction of sp³-hybridized carbons (Fsp3) is 0.333. The van der Waals surface area contributed by atoms with E-state index in [1.807, 2.05) is 30.3 Å². The molecule has 2 aromatic rings. The lowest BCUT2D eigenvalue weighted by molar-refractivity contribution is 0.442. The molecule has 22 heavy (non-hydrogen) atoms. The summed E-state index contributed by atoms with van der Waals surface area (Å²) in [7, 11) is 0. The maximum atomic E-state index is 6.00. The van der Waals surface area contributed by atoms with Gasteiger partial charge in [-0.2, -0.15) is 0 Å². The Morgan fingerprint density at radius 1 is 1.00 bits per heavy atom. The van der Waals surface area contributed by atoms with Gasteiger partial charge in [0.1, 0.15) is 11.5 Å². The van der Waals surface area contributed by atoms with Crippen molar-refractivity contribution < 1.29 is 4.74 Å². The number of hydrogen-bond acceptors (Lipinski definition) is 4. The number of benzene rings is 2. The van der Waals surface area contributed by atoms with Gasteiger partial charge in [-0.3, -0.25) is 0 Å². The molecule has 0 radical (unpaired) electrons. The molecule has 0 unspecified atom stereocenters. The minimum absolute atomic E-state index is 0.580. The zero-order valence-electron chi connectivity index (χ0n) is 12.6. The molecule has 0 spiro atoms. The van der Waals surface area contributed by atoms with Crippen LogP contribution < -0.4 is 20.5 Å². The summed E-state index contributed by atoms with van der Waals surface area (Å²) in [6.07, 6.45) is 1.20. The predicted molar refractivity (Wildman–Crippen MR) is 88.5 cm³/mol. The minimum Gasteiger partial charge on any atom is -0.457 e. The summed E-state index contributed by atoms with van der Waals surface area (Å²) < 4.78 is 6.00. The van der Waals surface area contributed by atoms with E-state index in [1.165, 1.54) is 17.7 Å². The zero-order valence-corrected chi connectivity index (χ0v) is 12.6. The Hall–Kier alpha value is -2.04. The fourth-order valence-corrected chi connectivity index (χ4v) is 3.04. The highest BCUT2D eigenvalue weighted by Crippen LogP contribution is 2.35. The summed E-state index contributed by atoms with van der Waals surface area (Å²) >= 11 is 0. The van der Waals surface area contributed by atoms with Crippen LogP contribution in [0.4, 0.5) is 5.69 Å². The number of ether oxygens (including phenoxy) is 1. The molecule has 2 heterocycles. The average molecular weight is 295 g/mol. The van der Waals surface area contributed by atoms with Crippen LogP contribution in [0.3, 0.4) is 0 Å². The van der Waals surface area contributed by atoms with Crippen LogP contribution in [0.15, 0.2) is 48.5 Å². The molecule has 2 aromatic carbocycles. The predicted octanol–water partition coefficient (Wildman–Crippen LogP) is 2.88. The molecule has 0 bridgehead atoms. The molecular weight excluding hydrogens is 274 g/mol. The van der Waals surface area contributed by atoms with E-state index in [0.29, 0.717) is 5.92 Å². The van der Waals surface area contributed by atoms with Crippen molar-refractivity contribution in [2.75, 3.05) is 31.2 Å². The standard InChI is InChI=1S/C18H21N3O/c1-2-5-15(6-3-1)22-16-7-8-18(21-10-4-9-20-21)17(11-16)14-12-19-13-14/h1-3,5-8,11,14,19-20H,4,9-10,12-13H2. The first-order chi connectivity index (χ1) is 10.9. The van der Waals surface area contributed by atoms with E-state index in [1.54, 1.807) is 0 Å². The highest BCUT2D eigenvalue weighted by molar-refractivity contribution is 5.58. The summed E-state index contributed by atoms with van der Waals surface area (Å²) in [6.45, 7) is 4.24. The third-order valence-corrected chi connectivity index (χ3v) is 4.35. The van der Waals surface area contributed by atoms with Crippen molar-refractivity contribution >= 4 is 5.69 Å². The third kappa shape index (κ3) is 2.67. The molecule has 2 aliphatic heterocycles. The van der Waals surface area contributed by atoms with Gasteiger partial charge in [0.05, 0.1) is 5.69 Å². The molecule has 0 aliphatic carbocycles. The minimum atomic E-state index is 0.580. The Kier molecular flexibility index (Phi) is 3.70. The maximum Gasteiger partial charge on any atom is 0.127 e. The summed E-state index contributed by atoms with van der Waals surface area (Å²) in [5, 5.41) is 5.64. The monoisotopic (exact) mass is 295 g/mol. The second-order valence-corrected chi connectivity index (χ2v) is 5.90. The molecule has 0 saturated carbocycles. The van der Waals surface area contributed by atoms with Gasteiger partial charge in [0.2, 0.25) is 0 Å². The molecule has 2 N–H and O–H groups in total. The van der Waals surface area contributed by atoms with Gasteiger partial charge in [0, 0.05) is 32.1 Å². The smallest absolute Gasteiger partial charge is 0.127 e. The Bertz CT molecular complexity index is 634. The molecule has 4 nitrogen and oxygen atoms in total. The topological polar surface area (TPSA) is 36.5 Å². The number of hydrazine groups is 1. The first kappa shape index (κ1) is 13.6. The van der Waals surface area contributed by atoms with Crippen molar-refractivity contribution in [3.63, 3.8) is 0 Å². The van der Waals surface area contributed by atoms with E-state index in [0.717, 1.165) is 37.7 Å². The van der Waals surface area contributed by atoms with Crippen LogP contribution in [0.5, 0.6) is 11.5 Å². The van der Waals surface area contributed by atoms with E-state index in [4.69, 9.17) is 4.74 Å². The van der Waals surface area contributed by atoms with Gasteiger partial charge in [-0.05, 0) is 42.3 Å². The van der Waals surface area contributed by atoms with E-state index in [-0.39, 0.29) is 0 Å². The summed E-state index contributed by atoms with van der Waals surface area (Å²) in [5.74, 6) is 2.38. The van der Waals surface area contributed by atoms with Gasteiger partial charge in [-0.1, -0.05) is 18.2 Å². The van der Waals surface area contributed by atoms with Gasteiger partial charge in [-0.15, -0.1) is 0 Å². The number of nitrogens with zero attached hydrogens (tertiary/aromatic N) is 1. The Morgan fingerprint density at radius 3 is 2.55 bits per heavy atom. The largest absolute Gasteiger partial charge is 0.457 e. The molecule has 2 saturated heterocycles. The lowest BCUT2D eigenvalue weighted by Crippen LogP contribution is -2.41. The SMILES string of the molecule is c1ccc(Oc2ccc(N3CCCN3)c(C3CNC3)c2)cc1. The van der Waals surface area contributed by atoms with E-state index in [2.05, 4.69) is 34.0 Å². The van der Waals surface area contributed by atoms with Crippen LogP contribution in [-0.4, -0.2) is 26.2 Å². The molecule has 4 rings (SSSR count).